The molecule has 2 rings (SSSR count). The molecule has 1 atom stereocenters. The first-order chi connectivity index (χ1) is 8.56. The minimum Gasteiger partial charge on any atom is -0.490 e. The summed E-state index contributed by atoms with van der Waals surface area (Å²) in [4.78, 5) is 17.2. The maximum atomic E-state index is 11.0. The number of likely N-dealkylation sites (tertiary alicyclic amines) is 1. The summed E-state index contributed by atoms with van der Waals surface area (Å²) in [6.45, 7) is 3.16. The van der Waals surface area contributed by atoms with Gasteiger partial charge in [-0.25, -0.2) is 4.98 Å². The van der Waals surface area contributed by atoms with Crippen molar-refractivity contribution in [2.45, 2.75) is 19.4 Å². The quantitative estimate of drug-likeness (QED) is 0.847. The number of hydrogen-bond acceptors (Lipinski definition) is 4. The molecule has 0 aromatic carbocycles. The zero-order chi connectivity index (χ0) is 13.1. The van der Waals surface area contributed by atoms with Gasteiger partial charge in [-0.05, 0) is 20.0 Å². The Labute approximate surface area is 111 Å². The fraction of sp³-hybridized carbons (Fsp3) is 0.500. The fourth-order valence-corrected chi connectivity index (χ4v) is 1.91. The number of amides is 1. The largest absolute Gasteiger partial charge is 0.490 e. The number of nitrogens with zero attached hydrogens (tertiary/aromatic N) is 2. The highest BCUT2D eigenvalue weighted by molar-refractivity contribution is 6.32. The summed E-state index contributed by atoms with van der Waals surface area (Å²) >= 11 is 5.88. The van der Waals surface area contributed by atoms with Crippen molar-refractivity contribution in [3.05, 3.63) is 17.4 Å². The second-order valence-corrected chi connectivity index (χ2v) is 4.78. The molecule has 1 aliphatic heterocycles. The molecule has 0 aliphatic carbocycles. The van der Waals surface area contributed by atoms with Crippen LogP contribution in [-0.4, -0.2) is 42.0 Å². The van der Waals surface area contributed by atoms with Gasteiger partial charge in [0.2, 0.25) is 5.91 Å². The van der Waals surface area contributed by atoms with E-state index in [1.54, 1.807) is 12.3 Å². The van der Waals surface area contributed by atoms with Crippen LogP contribution in [0.15, 0.2) is 12.3 Å². The Morgan fingerprint density at radius 3 is 3.06 bits per heavy atom. The molecule has 1 N–H and O–H groups in total. The van der Waals surface area contributed by atoms with E-state index >= 15 is 0 Å². The van der Waals surface area contributed by atoms with Crippen molar-refractivity contribution >= 4 is 23.2 Å². The third kappa shape index (κ3) is 3.11. The highest BCUT2D eigenvalue weighted by Crippen LogP contribution is 2.25. The van der Waals surface area contributed by atoms with Gasteiger partial charge in [0.05, 0.1) is 11.9 Å². The summed E-state index contributed by atoms with van der Waals surface area (Å²) < 4.78 is 5.64. The molecule has 0 spiro atoms. The van der Waals surface area contributed by atoms with Crippen LogP contribution in [0.2, 0.25) is 5.15 Å². The molecule has 18 heavy (non-hydrogen) atoms. The van der Waals surface area contributed by atoms with Gasteiger partial charge in [0.15, 0.2) is 5.15 Å². The molecule has 1 aromatic rings. The summed E-state index contributed by atoms with van der Waals surface area (Å²) in [5.74, 6) is 0.429. The number of pyridine rings is 1. The van der Waals surface area contributed by atoms with Crippen molar-refractivity contribution in [3.63, 3.8) is 0 Å². The van der Waals surface area contributed by atoms with Gasteiger partial charge in [0.25, 0.3) is 0 Å². The Morgan fingerprint density at radius 2 is 2.50 bits per heavy atom. The smallest absolute Gasteiger partial charge is 0.221 e. The molecule has 6 heteroatoms. The number of likely N-dealkylation sites (N-methyl/N-ethyl adjacent to an activating group) is 1. The normalized spacial score (nSPS) is 19.2. The van der Waals surface area contributed by atoms with Crippen molar-refractivity contribution in [2.24, 2.45) is 0 Å². The van der Waals surface area contributed by atoms with Gasteiger partial charge in [-0.3, -0.25) is 9.69 Å². The lowest BCUT2D eigenvalue weighted by Crippen LogP contribution is -2.48. The van der Waals surface area contributed by atoms with Gasteiger partial charge in [-0.2, -0.15) is 0 Å². The second kappa shape index (κ2) is 5.54. The summed E-state index contributed by atoms with van der Waals surface area (Å²) in [7, 11) is 2.07. The first-order valence-corrected chi connectivity index (χ1v) is 6.20. The summed E-state index contributed by atoms with van der Waals surface area (Å²) in [6, 6.07) is 2.15. The van der Waals surface area contributed by atoms with Gasteiger partial charge in [-0.1, -0.05) is 11.6 Å². The molecule has 1 fully saturated rings. The van der Waals surface area contributed by atoms with Crippen LogP contribution >= 0.6 is 11.6 Å². The molecule has 1 aliphatic rings. The minimum atomic E-state index is -0.186. The van der Waals surface area contributed by atoms with Gasteiger partial charge >= 0.3 is 0 Å². The van der Waals surface area contributed by atoms with E-state index < -0.39 is 0 Å². The number of aromatic nitrogens is 1. The number of halogens is 1. The molecule has 1 saturated heterocycles. The Bertz CT molecular complexity index is 453. The highest BCUT2D eigenvalue weighted by atomic mass is 35.5. The van der Waals surface area contributed by atoms with Crippen LogP contribution in [0.4, 0.5) is 5.69 Å². The van der Waals surface area contributed by atoms with E-state index in [1.807, 2.05) is 0 Å². The molecule has 0 saturated carbocycles. The van der Waals surface area contributed by atoms with Crippen molar-refractivity contribution in [1.29, 1.82) is 0 Å². The van der Waals surface area contributed by atoms with Gasteiger partial charge < -0.3 is 10.1 Å². The number of rotatable bonds is 4. The zero-order valence-corrected chi connectivity index (χ0v) is 11.2. The number of anilines is 1. The standard InChI is InChI=1S/C12H16ClN3O2/c1-8(17)15-11-5-10(6-14-12(11)13)18-7-9-3-4-16(9)2/h5-6,9H,3-4,7H2,1-2H3,(H,15,17)/t9-/m1/s1. The summed E-state index contributed by atoms with van der Waals surface area (Å²) in [5, 5.41) is 2.88. The number of carbonyl (C=O) groups is 1. The third-order valence-electron chi connectivity index (χ3n) is 3.01. The molecule has 0 unspecified atom stereocenters. The van der Waals surface area contributed by atoms with Crippen LogP contribution in [0.1, 0.15) is 13.3 Å². The zero-order valence-electron chi connectivity index (χ0n) is 10.4. The monoisotopic (exact) mass is 269 g/mol. The van der Waals surface area contributed by atoms with E-state index in [2.05, 4.69) is 22.2 Å². The molecular weight excluding hydrogens is 254 g/mol. The van der Waals surface area contributed by atoms with Crippen molar-refractivity contribution in [2.75, 3.05) is 25.5 Å². The van der Waals surface area contributed by atoms with Gasteiger partial charge in [-0.15, -0.1) is 0 Å². The fourth-order valence-electron chi connectivity index (χ4n) is 1.76. The first kappa shape index (κ1) is 13.1. The SMILES string of the molecule is CC(=O)Nc1cc(OC[C@H]2CCN2C)cnc1Cl. The van der Waals surface area contributed by atoms with Crippen LogP contribution in [0.3, 0.4) is 0 Å². The second-order valence-electron chi connectivity index (χ2n) is 4.42. The highest BCUT2D eigenvalue weighted by Gasteiger charge is 2.24. The molecule has 1 aromatic heterocycles. The van der Waals surface area contributed by atoms with Crippen LogP contribution in [0.25, 0.3) is 0 Å². The lowest BCUT2D eigenvalue weighted by atomic mass is 10.1. The topological polar surface area (TPSA) is 54.5 Å². The number of nitrogens with one attached hydrogen (secondary N) is 1. The summed E-state index contributed by atoms with van der Waals surface area (Å²) in [5.41, 5.74) is 0.476. The number of ether oxygens (including phenoxy) is 1. The van der Waals surface area contributed by atoms with Crippen LogP contribution < -0.4 is 10.1 Å². The van der Waals surface area contributed by atoms with E-state index in [1.165, 1.54) is 6.92 Å². The molecular formula is C12H16ClN3O2. The average molecular weight is 270 g/mol. The van der Waals surface area contributed by atoms with E-state index in [0.29, 0.717) is 24.1 Å². The molecule has 98 valence electrons. The maximum absolute atomic E-state index is 11.0. The Hall–Kier alpha value is -1.33. The van der Waals surface area contributed by atoms with Crippen LogP contribution in [0.5, 0.6) is 5.75 Å². The van der Waals surface area contributed by atoms with Crippen molar-refractivity contribution < 1.29 is 9.53 Å². The predicted octanol–water partition coefficient (Wildman–Crippen LogP) is 1.78. The lowest BCUT2D eigenvalue weighted by molar-refractivity contribution is -0.114. The Balaban J connectivity index is 1.97. The third-order valence-corrected chi connectivity index (χ3v) is 3.31. The van der Waals surface area contributed by atoms with Crippen LogP contribution in [-0.2, 0) is 4.79 Å². The van der Waals surface area contributed by atoms with Gasteiger partial charge in [0, 0.05) is 19.0 Å². The number of carbonyl (C=O) groups excluding carboxylic acids is 1. The van der Waals surface area contributed by atoms with E-state index in [9.17, 15) is 4.79 Å². The van der Waals surface area contributed by atoms with E-state index in [-0.39, 0.29) is 11.1 Å². The van der Waals surface area contributed by atoms with Crippen molar-refractivity contribution in [1.82, 2.24) is 9.88 Å². The Kier molecular flexibility index (Phi) is 4.04. The van der Waals surface area contributed by atoms with E-state index in [0.717, 1.165) is 13.0 Å². The maximum Gasteiger partial charge on any atom is 0.221 e. The van der Waals surface area contributed by atoms with Gasteiger partial charge in [0.1, 0.15) is 12.4 Å². The lowest BCUT2D eigenvalue weighted by Gasteiger charge is -2.37. The van der Waals surface area contributed by atoms with Crippen LogP contribution in [0, 0.1) is 0 Å². The Morgan fingerprint density at radius 1 is 1.72 bits per heavy atom. The number of hydrogen-bond donors (Lipinski definition) is 1. The average Bonchev–Trinajstić information content (AvgIpc) is 2.31. The first-order valence-electron chi connectivity index (χ1n) is 5.82. The molecule has 0 radical (unpaired) electrons. The molecule has 0 bridgehead atoms. The van der Waals surface area contributed by atoms with E-state index in [4.69, 9.17) is 16.3 Å². The predicted molar refractivity (Wildman–Crippen MR) is 70.1 cm³/mol. The minimum absolute atomic E-state index is 0.186. The molecule has 5 nitrogen and oxygen atoms in total. The molecule has 1 amide bonds. The van der Waals surface area contributed by atoms with Crippen molar-refractivity contribution in [3.8, 4) is 5.75 Å². The molecule has 2 heterocycles. The summed E-state index contributed by atoms with van der Waals surface area (Å²) in [6.07, 6.45) is 2.71.